The van der Waals surface area contributed by atoms with Crippen LogP contribution in [0.1, 0.15) is 12.5 Å². The van der Waals surface area contributed by atoms with Gasteiger partial charge in [0.2, 0.25) is 0 Å². The minimum absolute atomic E-state index is 0.224. The van der Waals surface area contributed by atoms with E-state index in [1.54, 1.807) is 19.1 Å². The van der Waals surface area contributed by atoms with E-state index in [0.29, 0.717) is 5.56 Å². The van der Waals surface area contributed by atoms with Gasteiger partial charge in [0, 0.05) is 0 Å². The van der Waals surface area contributed by atoms with Gasteiger partial charge in [0.25, 0.3) is 0 Å². The third-order valence-corrected chi connectivity index (χ3v) is 3.00. The minimum Gasteiger partial charge on any atom is -0.466 e. The number of hydrogen-bond acceptors (Lipinski definition) is 3. The van der Waals surface area contributed by atoms with Gasteiger partial charge in [0.05, 0.1) is 12.7 Å². The molecule has 1 rings (SSSR count). The molecule has 4 heteroatoms. The molecule has 0 bridgehead atoms. The zero-order valence-electron chi connectivity index (χ0n) is 9.11. The molecule has 16 heavy (non-hydrogen) atoms. The standard InChI is InChI=1S/C12H13IO3/c1-12(15,9-6-4-3-5-7-9)10(8-13)11(14)16-2/h3-8,15H,1-2H3/b10-8+. The second-order valence-electron chi connectivity index (χ2n) is 3.45. The van der Waals surface area contributed by atoms with Crippen molar-refractivity contribution in [3.05, 3.63) is 45.6 Å². The van der Waals surface area contributed by atoms with Crippen molar-refractivity contribution in [3.8, 4) is 0 Å². The largest absolute Gasteiger partial charge is 0.466 e. The average Bonchev–Trinajstić information content (AvgIpc) is 2.30. The van der Waals surface area contributed by atoms with E-state index < -0.39 is 11.6 Å². The predicted molar refractivity (Wildman–Crippen MR) is 70.1 cm³/mol. The van der Waals surface area contributed by atoms with E-state index in [0.717, 1.165) is 0 Å². The zero-order chi connectivity index (χ0) is 12.2. The summed E-state index contributed by atoms with van der Waals surface area (Å²) < 4.78 is 6.18. The van der Waals surface area contributed by atoms with Crippen LogP contribution in [0.4, 0.5) is 0 Å². The highest BCUT2D eigenvalue weighted by molar-refractivity contribution is 14.1. The Hall–Kier alpha value is -0.880. The maximum atomic E-state index is 11.5. The van der Waals surface area contributed by atoms with Gasteiger partial charge in [0.15, 0.2) is 0 Å². The van der Waals surface area contributed by atoms with Crippen LogP contribution in [0.15, 0.2) is 40.0 Å². The average molecular weight is 332 g/mol. The molecular formula is C12H13IO3. The highest BCUT2D eigenvalue weighted by atomic mass is 127. The van der Waals surface area contributed by atoms with Gasteiger partial charge in [0.1, 0.15) is 5.60 Å². The predicted octanol–water partition coefficient (Wildman–Crippen LogP) is 2.39. The van der Waals surface area contributed by atoms with Crippen LogP contribution in [0.2, 0.25) is 0 Å². The van der Waals surface area contributed by atoms with Crippen LogP contribution in [-0.2, 0) is 15.1 Å². The van der Waals surface area contributed by atoms with Crippen LogP contribution in [0.25, 0.3) is 0 Å². The molecule has 1 aromatic rings. The second kappa shape index (κ2) is 5.45. The van der Waals surface area contributed by atoms with Crippen molar-refractivity contribution in [2.45, 2.75) is 12.5 Å². The van der Waals surface area contributed by atoms with E-state index >= 15 is 0 Å². The van der Waals surface area contributed by atoms with E-state index in [4.69, 9.17) is 0 Å². The summed E-state index contributed by atoms with van der Waals surface area (Å²) in [5.41, 5.74) is -0.458. The summed E-state index contributed by atoms with van der Waals surface area (Å²) >= 11 is 1.92. The van der Waals surface area contributed by atoms with Crippen LogP contribution in [0.3, 0.4) is 0 Å². The molecule has 86 valence electrons. The van der Waals surface area contributed by atoms with E-state index in [-0.39, 0.29) is 5.57 Å². The van der Waals surface area contributed by atoms with Crippen LogP contribution in [0, 0.1) is 0 Å². The lowest BCUT2D eigenvalue weighted by atomic mass is 9.89. The Morgan fingerprint density at radius 3 is 2.44 bits per heavy atom. The number of halogens is 1. The third kappa shape index (κ3) is 2.62. The highest BCUT2D eigenvalue weighted by Crippen LogP contribution is 2.30. The minimum atomic E-state index is -1.34. The van der Waals surface area contributed by atoms with Crippen LogP contribution in [0.5, 0.6) is 0 Å². The Labute approximate surface area is 108 Å². The van der Waals surface area contributed by atoms with Crippen molar-refractivity contribution in [3.63, 3.8) is 0 Å². The highest BCUT2D eigenvalue weighted by Gasteiger charge is 2.33. The number of ether oxygens (including phenoxy) is 1. The summed E-state index contributed by atoms with van der Waals surface area (Å²) in [5.74, 6) is -0.525. The van der Waals surface area contributed by atoms with Gasteiger partial charge < -0.3 is 9.84 Å². The summed E-state index contributed by atoms with van der Waals surface area (Å²) in [6.07, 6.45) is 0. The molecule has 1 unspecified atom stereocenters. The van der Waals surface area contributed by atoms with Gasteiger partial charge in [-0.15, -0.1) is 0 Å². The first-order valence-corrected chi connectivity index (χ1v) is 5.95. The molecule has 0 aliphatic rings. The summed E-state index contributed by atoms with van der Waals surface area (Å²) in [5, 5.41) is 10.4. The van der Waals surface area contributed by atoms with Gasteiger partial charge in [-0.2, -0.15) is 0 Å². The molecule has 0 aliphatic heterocycles. The molecule has 0 radical (unpaired) electrons. The number of esters is 1. The van der Waals surface area contributed by atoms with Crippen molar-refractivity contribution >= 4 is 28.6 Å². The third-order valence-electron chi connectivity index (χ3n) is 2.37. The van der Waals surface area contributed by atoms with E-state index in [2.05, 4.69) is 4.74 Å². The topological polar surface area (TPSA) is 46.5 Å². The molecule has 3 nitrogen and oxygen atoms in total. The second-order valence-corrected chi connectivity index (χ2v) is 4.08. The summed E-state index contributed by atoms with van der Waals surface area (Å²) in [6.45, 7) is 1.57. The number of methoxy groups -OCH3 is 1. The monoisotopic (exact) mass is 332 g/mol. The number of hydrogen-bond donors (Lipinski definition) is 1. The maximum Gasteiger partial charge on any atom is 0.337 e. The van der Waals surface area contributed by atoms with Crippen LogP contribution < -0.4 is 0 Å². The number of rotatable bonds is 3. The molecule has 0 spiro atoms. The molecule has 1 aromatic carbocycles. The quantitative estimate of drug-likeness (QED) is 0.525. The number of carbonyl (C=O) groups is 1. The number of carbonyl (C=O) groups excluding carboxylic acids is 1. The molecule has 0 saturated heterocycles. The normalized spacial score (nSPS) is 15.4. The Morgan fingerprint density at radius 2 is 2.00 bits per heavy atom. The molecule has 1 N–H and O–H groups in total. The fourth-order valence-corrected chi connectivity index (χ4v) is 2.24. The maximum absolute atomic E-state index is 11.5. The Morgan fingerprint density at radius 1 is 1.44 bits per heavy atom. The van der Waals surface area contributed by atoms with Crippen molar-refractivity contribution in [2.75, 3.05) is 7.11 Å². The van der Waals surface area contributed by atoms with Gasteiger partial charge in [-0.05, 0) is 16.6 Å². The van der Waals surface area contributed by atoms with Crippen molar-refractivity contribution in [1.82, 2.24) is 0 Å². The molecule has 0 amide bonds. The van der Waals surface area contributed by atoms with Crippen molar-refractivity contribution < 1.29 is 14.6 Å². The van der Waals surface area contributed by atoms with E-state index in [1.165, 1.54) is 11.2 Å². The Bertz CT molecular complexity index is 396. The molecule has 0 saturated carbocycles. The van der Waals surface area contributed by atoms with Crippen LogP contribution >= 0.6 is 22.6 Å². The zero-order valence-corrected chi connectivity index (χ0v) is 11.3. The number of aliphatic hydroxyl groups is 1. The molecule has 0 aromatic heterocycles. The Balaban J connectivity index is 3.15. The van der Waals surface area contributed by atoms with Crippen molar-refractivity contribution in [1.29, 1.82) is 0 Å². The number of benzene rings is 1. The molecular weight excluding hydrogens is 319 g/mol. The van der Waals surface area contributed by atoms with E-state index in [1.807, 2.05) is 40.8 Å². The lowest BCUT2D eigenvalue weighted by molar-refractivity contribution is -0.138. The van der Waals surface area contributed by atoms with Gasteiger partial charge in [-0.25, -0.2) is 4.79 Å². The summed E-state index contributed by atoms with van der Waals surface area (Å²) in [7, 11) is 1.30. The van der Waals surface area contributed by atoms with Gasteiger partial charge >= 0.3 is 5.97 Å². The first-order chi connectivity index (χ1) is 7.54. The fraction of sp³-hybridized carbons (Fsp3) is 0.250. The van der Waals surface area contributed by atoms with Crippen molar-refractivity contribution in [2.24, 2.45) is 0 Å². The summed E-state index contributed by atoms with van der Waals surface area (Å²) in [6, 6.07) is 9.01. The SMILES string of the molecule is COC(=O)/C(=C\I)C(C)(O)c1ccccc1. The molecule has 1 atom stereocenters. The first kappa shape index (κ1) is 13.2. The fourth-order valence-electron chi connectivity index (χ4n) is 1.38. The summed E-state index contributed by atoms with van der Waals surface area (Å²) in [4.78, 5) is 11.5. The Kier molecular flexibility index (Phi) is 4.49. The lowest BCUT2D eigenvalue weighted by Crippen LogP contribution is -2.29. The van der Waals surface area contributed by atoms with Gasteiger partial charge in [-0.3, -0.25) is 0 Å². The molecule has 0 heterocycles. The first-order valence-electron chi connectivity index (χ1n) is 4.71. The van der Waals surface area contributed by atoms with E-state index in [9.17, 15) is 9.90 Å². The smallest absolute Gasteiger partial charge is 0.337 e. The molecule has 0 fully saturated rings. The lowest BCUT2D eigenvalue weighted by Gasteiger charge is -2.25. The van der Waals surface area contributed by atoms with Gasteiger partial charge in [-0.1, -0.05) is 52.9 Å². The molecule has 0 aliphatic carbocycles. The van der Waals surface area contributed by atoms with Crippen LogP contribution in [-0.4, -0.2) is 18.2 Å².